The van der Waals surface area contributed by atoms with Crippen molar-refractivity contribution in [3.8, 4) is 5.69 Å². The van der Waals surface area contributed by atoms with Crippen molar-refractivity contribution in [2.75, 3.05) is 13.7 Å². The molecular formula is C17H16ClN3O3. The first-order chi connectivity index (χ1) is 11.6. The van der Waals surface area contributed by atoms with Gasteiger partial charge in [0.05, 0.1) is 35.1 Å². The Labute approximate surface area is 144 Å². The Kier molecular flexibility index (Phi) is 3.57. The number of amides is 1. The molecule has 0 radical (unpaired) electrons. The van der Waals surface area contributed by atoms with Gasteiger partial charge in [0.15, 0.2) is 5.69 Å². The molecule has 1 aromatic heterocycles. The minimum atomic E-state index is -0.443. The van der Waals surface area contributed by atoms with Gasteiger partial charge in [0.1, 0.15) is 6.33 Å². The van der Waals surface area contributed by atoms with Crippen LogP contribution in [-0.2, 0) is 11.3 Å². The van der Waals surface area contributed by atoms with Crippen LogP contribution < -0.4 is 0 Å². The molecule has 4 rings (SSSR count). The van der Waals surface area contributed by atoms with Crippen LogP contribution in [0.4, 0.5) is 0 Å². The van der Waals surface area contributed by atoms with Gasteiger partial charge in [-0.3, -0.25) is 9.36 Å². The average molecular weight is 346 g/mol. The Balaban J connectivity index is 1.77. The summed E-state index contributed by atoms with van der Waals surface area (Å²) >= 11 is 6.23. The molecule has 7 heteroatoms. The summed E-state index contributed by atoms with van der Waals surface area (Å²) in [6, 6.07) is 5.25. The maximum absolute atomic E-state index is 12.6. The van der Waals surface area contributed by atoms with Crippen LogP contribution in [0.3, 0.4) is 0 Å². The minimum Gasteiger partial charge on any atom is -0.461 e. The topological polar surface area (TPSA) is 64.4 Å². The number of esters is 1. The van der Waals surface area contributed by atoms with Crippen molar-refractivity contribution in [1.29, 1.82) is 0 Å². The zero-order valence-electron chi connectivity index (χ0n) is 13.2. The lowest BCUT2D eigenvalue weighted by molar-refractivity contribution is 0.0476. The molecule has 0 spiro atoms. The standard InChI is InChI=1S/C17H16ClN3O3/c1-20-7-13-15(17(23)24-8-10-5-6-10)19-9-21(13)12-4-2-3-11(18)14(12)16(20)22/h2-4,9-10H,5-8H2,1H3. The minimum absolute atomic E-state index is 0.184. The van der Waals surface area contributed by atoms with E-state index < -0.39 is 5.97 Å². The molecule has 2 aromatic rings. The molecule has 6 nitrogen and oxygen atoms in total. The molecular weight excluding hydrogens is 330 g/mol. The van der Waals surface area contributed by atoms with Crippen molar-refractivity contribution in [3.63, 3.8) is 0 Å². The van der Waals surface area contributed by atoms with Gasteiger partial charge in [-0.15, -0.1) is 0 Å². The Morgan fingerprint density at radius 1 is 1.42 bits per heavy atom. The number of nitrogens with zero attached hydrogens (tertiary/aromatic N) is 3. The number of imidazole rings is 1. The van der Waals surface area contributed by atoms with E-state index in [4.69, 9.17) is 16.3 Å². The zero-order valence-corrected chi connectivity index (χ0v) is 13.9. The average Bonchev–Trinajstić information content (AvgIpc) is 3.32. The summed E-state index contributed by atoms with van der Waals surface area (Å²) in [4.78, 5) is 30.7. The number of aromatic nitrogens is 2. The SMILES string of the molecule is CN1Cc2c(C(=O)OCC3CC3)ncn2-c2cccc(Cl)c2C1=O. The number of rotatable bonds is 3. The van der Waals surface area contributed by atoms with Crippen LogP contribution in [0, 0.1) is 5.92 Å². The van der Waals surface area contributed by atoms with Gasteiger partial charge in [0.25, 0.3) is 5.91 Å². The summed E-state index contributed by atoms with van der Waals surface area (Å²) in [6.07, 6.45) is 3.76. The van der Waals surface area contributed by atoms with Gasteiger partial charge in [0.2, 0.25) is 0 Å². The van der Waals surface area contributed by atoms with Gasteiger partial charge >= 0.3 is 5.97 Å². The number of carbonyl (C=O) groups is 2. The maximum atomic E-state index is 12.6. The fourth-order valence-electron chi connectivity index (χ4n) is 2.86. The normalized spacial score (nSPS) is 16.4. The van der Waals surface area contributed by atoms with Crippen molar-refractivity contribution in [1.82, 2.24) is 14.5 Å². The van der Waals surface area contributed by atoms with Crippen LogP contribution in [0.1, 0.15) is 39.4 Å². The lowest BCUT2D eigenvalue weighted by Crippen LogP contribution is -2.26. The summed E-state index contributed by atoms with van der Waals surface area (Å²) in [6.45, 7) is 0.694. The highest BCUT2D eigenvalue weighted by Gasteiger charge is 2.31. The molecule has 2 heterocycles. The Morgan fingerprint density at radius 2 is 2.21 bits per heavy atom. The molecule has 24 heavy (non-hydrogen) atoms. The number of fused-ring (bicyclic) bond motifs is 3. The molecule has 2 aliphatic rings. The van der Waals surface area contributed by atoms with E-state index >= 15 is 0 Å². The second-order valence-electron chi connectivity index (χ2n) is 6.25. The van der Waals surface area contributed by atoms with Crippen molar-refractivity contribution in [2.45, 2.75) is 19.4 Å². The first-order valence-electron chi connectivity index (χ1n) is 7.84. The van der Waals surface area contributed by atoms with E-state index in [1.54, 1.807) is 36.1 Å². The van der Waals surface area contributed by atoms with E-state index in [9.17, 15) is 9.59 Å². The summed E-state index contributed by atoms with van der Waals surface area (Å²) in [5, 5.41) is 0.378. The third-order valence-electron chi connectivity index (χ3n) is 4.41. The maximum Gasteiger partial charge on any atom is 0.358 e. The summed E-state index contributed by atoms with van der Waals surface area (Å²) < 4.78 is 7.09. The zero-order chi connectivity index (χ0) is 16.8. The molecule has 0 N–H and O–H groups in total. The van der Waals surface area contributed by atoms with Crippen LogP contribution in [-0.4, -0.2) is 40.0 Å². The first kappa shape index (κ1) is 15.2. The lowest BCUT2D eigenvalue weighted by atomic mass is 10.1. The molecule has 124 valence electrons. The highest BCUT2D eigenvalue weighted by atomic mass is 35.5. The molecule has 1 aliphatic heterocycles. The summed E-state index contributed by atoms with van der Waals surface area (Å²) in [5.41, 5.74) is 1.92. The number of hydrogen-bond acceptors (Lipinski definition) is 4. The van der Waals surface area contributed by atoms with Crippen molar-refractivity contribution in [3.05, 3.63) is 46.5 Å². The molecule has 0 unspecified atom stereocenters. The van der Waals surface area contributed by atoms with Gasteiger partial charge in [-0.2, -0.15) is 0 Å². The van der Waals surface area contributed by atoms with Crippen LogP contribution in [0.5, 0.6) is 0 Å². The highest BCUT2D eigenvalue weighted by molar-refractivity contribution is 6.34. The third kappa shape index (κ3) is 2.47. The molecule has 1 saturated carbocycles. The van der Waals surface area contributed by atoms with Gasteiger partial charge in [0, 0.05) is 7.05 Å². The van der Waals surface area contributed by atoms with Gasteiger partial charge in [-0.1, -0.05) is 17.7 Å². The predicted molar refractivity (Wildman–Crippen MR) is 87.4 cm³/mol. The fourth-order valence-corrected chi connectivity index (χ4v) is 3.11. The smallest absolute Gasteiger partial charge is 0.358 e. The second kappa shape index (κ2) is 5.63. The van der Waals surface area contributed by atoms with Crippen molar-refractivity contribution < 1.29 is 14.3 Å². The molecule has 1 amide bonds. The molecule has 0 bridgehead atoms. The quantitative estimate of drug-likeness (QED) is 0.802. The molecule has 0 saturated heterocycles. The van der Waals surface area contributed by atoms with E-state index in [1.165, 1.54) is 4.90 Å². The van der Waals surface area contributed by atoms with E-state index in [-0.39, 0.29) is 18.1 Å². The number of halogens is 1. The number of benzene rings is 1. The summed E-state index contributed by atoms with van der Waals surface area (Å²) in [7, 11) is 1.68. The molecule has 1 aromatic carbocycles. The second-order valence-corrected chi connectivity index (χ2v) is 6.65. The highest BCUT2D eigenvalue weighted by Crippen LogP contribution is 2.31. The largest absolute Gasteiger partial charge is 0.461 e. The van der Waals surface area contributed by atoms with Crippen molar-refractivity contribution >= 4 is 23.5 Å². The van der Waals surface area contributed by atoms with Gasteiger partial charge < -0.3 is 9.64 Å². The Hall–Kier alpha value is -2.34. The first-order valence-corrected chi connectivity index (χ1v) is 8.21. The van der Waals surface area contributed by atoms with E-state index in [2.05, 4.69) is 4.98 Å². The van der Waals surface area contributed by atoms with Crippen LogP contribution >= 0.6 is 11.6 Å². The fraction of sp³-hybridized carbons (Fsp3) is 0.353. The van der Waals surface area contributed by atoms with Crippen LogP contribution in [0.2, 0.25) is 5.02 Å². The lowest BCUT2D eigenvalue weighted by Gasteiger charge is -2.15. The summed E-state index contributed by atoms with van der Waals surface area (Å²) in [5.74, 6) is -0.141. The van der Waals surface area contributed by atoms with E-state index in [0.29, 0.717) is 34.5 Å². The van der Waals surface area contributed by atoms with E-state index in [0.717, 1.165) is 12.8 Å². The number of ether oxygens (including phenoxy) is 1. The van der Waals surface area contributed by atoms with Gasteiger partial charge in [-0.25, -0.2) is 9.78 Å². The molecule has 1 fully saturated rings. The Bertz CT molecular complexity index is 842. The van der Waals surface area contributed by atoms with Crippen LogP contribution in [0.25, 0.3) is 5.69 Å². The van der Waals surface area contributed by atoms with Crippen molar-refractivity contribution in [2.24, 2.45) is 5.92 Å². The molecule has 0 atom stereocenters. The third-order valence-corrected chi connectivity index (χ3v) is 4.72. The number of carbonyl (C=O) groups excluding carboxylic acids is 2. The predicted octanol–water partition coefficient (Wildman–Crippen LogP) is 2.68. The molecule has 1 aliphatic carbocycles. The number of hydrogen-bond donors (Lipinski definition) is 0. The van der Waals surface area contributed by atoms with E-state index in [1.807, 2.05) is 0 Å². The van der Waals surface area contributed by atoms with Gasteiger partial charge in [-0.05, 0) is 30.9 Å². The van der Waals surface area contributed by atoms with Crippen LogP contribution in [0.15, 0.2) is 24.5 Å². The monoisotopic (exact) mass is 345 g/mol. The Morgan fingerprint density at radius 3 is 2.96 bits per heavy atom.